The molecule has 0 aliphatic heterocycles. The average molecular weight is 566 g/mol. The van der Waals surface area contributed by atoms with Gasteiger partial charge in [0.05, 0.1) is 22.1 Å². The molecule has 0 N–H and O–H groups in total. The number of aromatic nitrogens is 3. The summed E-state index contributed by atoms with van der Waals surface area (Å²) in [6.45, 7) is 0. The lowest BCUT2D eigenvalue weighted by molar-refractivity contribution is 1.15. The summed E-state index contributed by atoms with van der Waals surface area (Å²) in [5, 5.41) is 9.94. The third-order valence-electron chi connectivity index (χ3n) is 8.94. The summed E-state index contributed by atoms with van der Waals surface area (Å²) < 4.78 is 6.17. The predicted octanol–water partition coefficient (Wildman–Crippen LogP) is 10.8. The highest BCUT2D eigenvalue weighted by molar-refractivity contribution is 7.25. The number of hydrogen-bond acceptors (Lipinski definition) is 2. The van der Waals surface area contributed by atoms with Gasteiger partial charge < -0.3 is 9.13 Å². The van der Waals surface area contributed by atoms with E-state index in [1.807, 2.05) is 6.20 Å². The Labute approximate surface area is 250 Å². The number of hydrogen-bond donors (Lipinski definition) is 0. The monoisotopic (exact) mass is 565 g/mol. The van der Waals surface area contributed by atoms with Crippen LogP contribution in [0.3, 0.4) is 0 Å². The van der Waals surface area contributed by atoms with E-state index >= 15 is 0 Å². The summed E-state index contributed by atoms with van der Waals surface area (Å²) in [5.74, 6) is 0. The van der Waals surface area contributed by atoms with E-state index < -0.39 is 0 Å². The number of para-hydroxylation sites is 3. The molecule has 0 bridgehead atoms. The van der Waals surface area contributed by atoms with Gasteiger partial charge in [0.2, 0.25) is 0 Å². The molecule has 0 radical (unpaired) electrons. The van der Waals surface area contributed by atoms with Crippen LogP contribution in [0.15, 0.2) is 140 Å². The second-order valence-corrected chi connectivity index (χ2v) is 12.2. The smallest absolute Gasteiger partial charge is 0.125 e. The van der Waals surface area contributed by atoms with Crippen molar-refractivity contribution in [2.24, 2.45) is 0 Å². The first-order chi connectivity index (χ1) is 21.3. The summed E-state index contributed by atoms with van der Waals surface area (Å²) >= 11 is 1.77. The van der Waals surface area contributed by atoms with Gasteiger partial charge in [-0.15, -0.1) is 11.3 Å². The summed E-state index contributed by atoms with van der Waals surface area (Å²) in [6, 6.07) is 48.4. The zero-order valence-electron chi connectivity index (χ0n) is 23.0. The molecule has 3 nitrogen and oxygen atoms in total. The van der Waals surface area contributed by atoms with Crippen LogP contribution in [0.2, 0.25) is 0 Å². The van der Waals surface area contributed by atoms with E-state index in [4.69, 9.17) is 4.98 Å². The molecular weight excluding hydrogens is 543 g/mol. The maximum atomic E-state index is 4.93. The Morgan fingerprint density at radius 2 is 1.05 bits per heavy atom. The van der Waals surface area contributed by atoms with Gasteiger partial charge in [0.15, 0.2) is 0 Å². The minimum atomic E-state index is 1.09. The lowest BCUT2D eigenvalue weighted by atomic mass is 10.1. The summed E-state index contributed by atoms with van der Waals surface area (Å²) in [4.78, 5) is 6.02. The maximum Gasteiger partial charge on any atom is 0.125 e. The molecule has 0 unspecified atom stereocenters. The normalized spacial score (nSPS) is 12.2. The van der Waals surface area contributed by atoms with Crippen LogP contribution in [0.25, 0.3) is 86.1 Å². The highest BCUT2D eigenvalue weighted by atomic mass is 32.1. The number of nitrogens with zero attached hydrogens (tertiary/aromatic N) is 3. The van der Waals surface area contributed by atoms with E-state index in [1.165, 1.54) is 64.5 Å². The first-order valence-corrected chi connectivity index (χ1v) is 15.4. The van der Waals surface area contributed by atoms with Crippen LogP contribution in [-0.4, -0.2) is 14.1 Å². The molecule has 0 aliphatic rings. The Morgan fingerprint density at radius 3 is 1.77 bits per heavy atom. The Balaban J connectivity index is 1.37. The van der Waals surface area contributed by atoms with Crippen molar-refractivity contribution in [3.8, 4) is 11.4 Å². The van der Waals surface area contributed by atoms with Crippen LogP contribution in [-0.2, 0) is 0 Å². The third-order valence-corrected chi connectivity index (χ3v) is 10.0. The minimum Gasteiger partial charge on any atom is -0.307 e. The fourth-order valence-electron chi connectivity index (χ4n) is 7.15. The van der Waals surface area contributed by atoms with E-state index in [-0.39, 0.29) is 0 Å². The molecule has 0 amide bonds. The van der Waals surface area contributed by atoms with Crippen molar-refractivity contribution in [1.29, 1.82) is 0 Å². The van der Waals surface area contributed by atoms with Gasteiger partial charge in [0.25, 0.3) is 0 Å². The standard InChI is InChI=1S/C39H23N3S/c1-2-10-25(11-3-1)41-33-15-7-4-12-28(33)30-20-21-31-29-13-5-8-16-34(29)42(38(31)37(30)41)26-18-19-27-24(22-26)23-40-39-36(27)32-14-6-9-17-35(32)43-39/h1-23H. The molecule has 4 heteroatoms. The first-order valence-electron chi connectivity index (χ1n) is 14.6. The van der Waals surface area contributed by atoms with Gasteiger partial charge in [-0.2, -0.15) is 0 Å². The molecule has 0 atom stereocenters. The topological polar surface area (TPSA) is 22.8 Å². The molecule has 0 spiro atoms. The van der Waals surface area contributed by atoms with Crippen molar-refractivity contribution >= 4 is 86.0 Å². The molecule has 0 saturated carbocycles. The fraction of sp³-hybridized carbons (Fsp3) is 0. The van der Waals surface area contributed by atoms with Gasteiger partial charge in [-0.1, -0.05) is 91.0 Å². The second kappa shape index (κ2) is 8.54. The van der Waals surface area contributed by atoms with Crippen molar-refractivity contribution in [1.82, 2.24) is 14.1 Å². The highest BCUT2D eigenvalue weighted by Crippen LogP contribution is 2.43. The number of rotatable bonds is 2. The minimum absolute atomic E-state index is 1.09. The van der Waals surface area contributed by atoms with Gasteiger partial charge in [-0.3, -0.25) is 0 Å². The molecule has 0 aliphatic carbocycles. The Morgan fingerprint density at radius 1 is 0.465 bits per heavy atom. The molecule has 43 heavy (non-hydrogen) atoms. The van der Waals surface area contributed by atoms with Crippen molar-refractivity contribution in [2.75, 3.05) is 0 Å². The van der Waals surface area contributed by atoms with Crippen molar-refractivity contribution < 1.29 is 0 Å². The molecule has 0 fully saturated rings. The van der Waals surface area contributed by atoms with Crippen LogP contribution in [0.4, 0.5) is 0 Å². The zero-order valence-corrected chi connectivity index (χ0v) is 23.8. The molecule has 6 aromatic carbocycles. The molecular formula is C39H23N3S. The summed E-state index contributed by atoms with van der Waals surface area (Å²) in [5.41, 5.74) is 7.14. The quantitative estimate of drug-likeness (QED) is 0.204. The predicted molar refractivity (Wildman–Crippen MR) is 183 cm³/mol. The largest absolute Gasteiger partial charge is 0.307 e. The Kier molecular flexibility index (Phi) is 4.60. The van der Waals surface area contributed by atoms with Gasteiger partial charge >= 0.3 is 0 Å². The van der Waals surface area contributed by atoms with Gasteiger partial charge in [-0.05, 0) is 47.9 Å². The van der Waals surface area contributed by atoms with Crippen LogP contribution in [0.5, 0.6) is 0 Å². The second-order valence-electron chi connectivity index (χ2n) is 11.2. The number of benzene rings is 6. The Bertz CT molecular complexity index is 2730. The van der Waals surface area contributed by atoms with E-state index in [0.29, 0.717) is 0 Å². The average Bonchev–Trinajstić information content (AvgIpc) is 3.73. The van der Waals surface area contributed by atoms with Gasteiger partial charge in [0, 0.05) is 60.0 Å². The van der Waals surface area contributed by atoms with Crippen molar-refractivity contribution in [2.45, 2.75) is 0 Å². The van der Waals surface area contributed by atoms with Crippen LogP contribution >= 0.6 is 11.3 Å². The summed E-state index contributed by atoms with van der Waals surface area (Å²) in [7, 11) is 0. The maximum absolute atomic E-state index is 4.93. The van der Waals surface area contributed by atoms with E-state index in [1.54, 1.807) is 11.3 Å². The van der Waals surface area contributed by atoms with Gasteiger partial charge in [-0.25, -0.2) is 4.98 Å². The van der Waals surface area contributed by atoms with Crippen LogP contribution < -0.4 is 0 Å². The molecule has 10 aromatic rings. The lowest BCUT2D eigenvalue weighted by Crippen LogP contribution is -1.98. The molecule has 4 heterocycles. The molecule has 10 rings (SSSR count). The third kappa shape index (κ3) is 3.10. The van der Waals surface area contributed by atoms with Gasteiger partial charge in [0.1, 0.15) is 4.83 Å². The lowest BCUT2D eigenvalue weighted by Gasteiger charge is -2.13. The van der Waals surface area contributed by atoms with E-state index in [9.17, 15) is 0 Å². The van der Waals surface area contributed by atoms with Crippen LogP contribution in [0, 0.1) is 0 Å². The number of thiophene rings is 1. The van der Waals surface area contributed by atoms with Crippen LogP contribution in [0.1, 0.15) is 0 Å². The SMILES string of the molecule is c1ccc(-n2c3ccccc3c3ccc4c5ccccc5n(-c5ccc6c(cnc7sc8ccccc8c76)c5)c4c32)cc1. The van der Waals surface area contributed by atoms with Crippen molar-refractivity contribution in [3.63, 3.8) is 0 Å². The Hall–Kier alpha value is -5.45. The fourth-order valence-corrected chi connectivity index (χ4v) is 8.21. The molecule has 200 valence electrons. The highest BCUT2D eigenvalue weighted by Gasteiger charge is 2.21. The summed E-state index contributed by atoms with van der Waals surface area (Å²) in [6.07, 6.45) is 2.04. The molecule has 0 saturated heterocycles. The van der Waals surface area contributed by atoms with E-state index in [0.717, 1.165) is 21.6 Å². The first kappa shape index (κ1) is 23.1. The zero-order chi connectivity index (χ0) is 28.1. The van der Waals surface area contributed by atoms with Crippen molar-refractivity contribution in [3.05, 3.63) is 140 Å². The molecule has 4 aromatic heterocycles. The number of fused-ring (bicyclic) bond motifs is 12. The number of pyridine rings is 1. The van der Waals surface area contributed by atoms with E-state index in [2.05, 4.69) is 143 Å².